The minimum absolute atomic E-state index is 0. The fourth-order valence-electron chi connectivity index (χ4n) is 1.76. The zero-order valence-corrected chi connectivity index (χ0v) is 10.8. The first kappa shape index (κ1) is 11.7. The second-order valence-corrected chi connectivity index (χ2v) is 3.72. The van der Waals surface area contributed by atoms with Crippen LogP contribution in [0, 0.1) is 0 Å². The van der Waals surface area contributed by atoms with Gasteiger partial charge in [-0.05, 0) is 12.1 Å². The van der Waals surface area contributed by atoms with Gasteiger partial charge in [0, 0.05) is 23.6 Å². The van der Waals surface area contributed by atoms with Crippen LogP contribution < -0.4 is 5.73 Å². The Morgan fingerprint density at radius 2 is 1.71 bits per heavy atom. The lowest BCUT2D eigenvalue weighted by Gasteiger charge is -1.93. The van der Waals surface area contributed by atoms with Gasteiger partial charge < -0.3 is 10.1 Å². The van der Waals surface area contributed by atoms with E-state index in [1.807, 2.05) is 59.3 Å². The molecule has 3 nitrogen and oxygen atoms in total. The highest BCUT2D eigenvalue weighted by Gasteiger charge is 2.03. The summed E-state index contributed by atoms with van der Waals surface area (Å²) in [7, 11) is 0. The standard InChI is InChI=1S/C13H11N3.BrH/c14-11-6-7-13-15-12(9-16(13)8-11)10-4-2-1-3-5-10;/h1-9H,14H2;1H. The van der Waals surface area contributed by atoms with E-state index >= 15 is 0 Å². The van der Waals surface area contributed by atoms with Crippen molar-refractivity contribution in [3.8, 4) is 11.3 Å². The number of imidazole rings is 1. The molecule has 0 fully saturated rings. The molecule has 0 saturated carbocycles. The number of aromatic nitrogens is 2. The summed E-state index contributed by atoms with van der Waals surface area (Å²) in [6.07, 6.45) is 3.86. The molecule has 0 amide bonds. The molecule has 0 unspecified atom stereocenters. The summed E-state index contributed by atoms with van der Waals surface area (Å²) in [6.45, 7) is 0. The van der Waals surface area contributed by atoms with Gasteiger partial charge in [0.1, 0.15) is 5.65 Å². The molecule has 17 heavy (non-hydrogen) atoms. The third-order valence-electron chi connectivity index (χ3n) is 2.54. The van der Waals surface area contributed by atoms with Gasteiger partial charge in [0.05, 0.1) is 5.69 Å². The molecular weight excluding hydrogens is 278 g/mol. The average molecular weight is 290 g/mol. The number of nitrogens with zero attached hydrogens (tertiary/aromatic N) is 2. The normalized spacial score (nSPS) is 10.1. The summed E-state index contributed by atoms with van der Waals surface area (Å²) in [5, 5.41) is 0. The number of fused-ring (bicyclic) bond motifs is 1. The van der Waals surface area contributed by atoms with Crippen LogP contribution in [0.1, 0.15) is 0 Å². The quantitative estimate of drug-likeness (QED) is 0.748. The highest BCUT2D eigenvalue weighted by molar-refractivity contribution is 8.93. The van der Waals surface area contributed by atoms with E-state index in [2.05, 4.69) is 4.98 Å². The van der Waals surface area contributed by atoms with E-state index in [0.29, 0.717) is 0 Å². The summed E-state index contributed by atoms with van der Waals surface area (Å²) >= 11 is 0. The predicted octanol–water partition coefficient (Wildman–Crippen LogP) is 3.16. The van der Waals surface area contributed by atoms with Crippen LogP contribution in [0.3, 0.4) is 0 Å². The minimum Gasteiger partial charge on any atom is -0.398 e. The van der Waals surface area contributed by atoms with Gasteiger partial charge in [-0.3, -0.25) is 0 Å². The summed E-state index contributed by atoms with van der Waals surface area (Å²) in [4.78, 5) is 4.53. The third-order valence-corrected chi connectivity index (χ3v) is 2.54. The Kier molecular flexibility index (Phi) is 3.15. The fourth-order valence-corrected chi connectivity index (χ4v) is 1.76. The Hall–Kier alpha value is -1.81. The van der Waals surface area contributed by atoms with Gasteiger partial charge in [-0.25, -0.2) is 4.98 Å². The van der Waals surface area contributed by atoms with Gasteiger partial charge in [-0.2, -0.15) is 0 Å². The van der Waals surface area contributed by atoms with Gasteiger partial charge in [0.2, 0.25) is 0 Å². The number of hydrogen-bond acceptors (Lipinski definition) is 2. The molecule has 3 rings (SSSR count). The average Bonchev–Trinajstić information content (AvgIpc) is 2.73. The molecule has 0 atom stereocenters. The number of pyridine rings is 1. The van der Waals surface area contributed by atoms with Crippen molar-refractivity contribution < 1.29 is 0 Å². The van der Waals surface area contributed by atoms with Crippen molar-refractivity contribution in [2.24, 2.45) is 0 Å². The third kappa shape index (κ3) is 2.17. The molecule has 0 bridgehead atoms. The molecule has 0 saturated heterocycles. The largest absolute Gasteiger partial charge is 0.398 e. The van der Waals surface area contributed by atoms with Crippen LogP contribution in [0.5, 0.6) is 0 Å². The lowest BCUT2D eigenvalue weighted by atomic mass is 10.2. The molecule has 2 aromatic heterocycles. The van der Waals surface area contributed by atoms with Gasteiger partial charge in [0.25, 0.3) is 0 Å². The maximum absolute atomic E-state index is 5.72. The topological polar surface area (TPSA) is 43.3 Å². The van der Waals surface area contributed by atoms with Gasteiger partial charge in [-0.15, -0.1) is 17.0 Å². The van der Waals surface area contributed by atoms with Crippen LogP contribution in [0.4, 0.5) is 5.69 Å². The molecule has 2 N–H and O–H groups in total. The molecule has 0 spiro atoms. The van der Waals surface area contributed by atoms with Crippen molar-refractivity contribution in [1.82, 2.24) is 9.38 Å². The monoisotopic (exact) mass is 289 g/mol. The molecule has 0 radical (unpaired) electrons. The minimum atomic E-state index is 0. The SMILES string of the molecule is Br.Nc1ccc2nc(-c3ccccc3)cn2c1. The number of nitrogen functional groups attached to an aromatic ring is 1. The van der Waals surface area contributed by atoms with E-state index in [1.54, 1.807) is 0 Å². The zero-order chi connectivity index (χ0) is 11.0. The highest BCUT2D eigenvalue weighted by Crippen LogP contribution is 2.19. The van der Waals surface area contributed by atoms with Crippen LogP contribution >= 0.6 is 17.0 Å². The lowest BCUT2D eigenvalue weighted by molar-refractivity contribution is 1.19. The maximum atomic E-state index is 5.72. The number of halogens is 1. The number of rotatable bonds is 1. The van der Waals surface area contributed by atoms with Crippen LogP contribution in [0.15, 0.2) is 54.9 Å². The highest BCUT2D eigenvalue weighted by atomic mass is 79.9. The Labute approximate surface area is 110 Å². The van der Waals surface area contributed by atoms with Gasteiger partial charge in [-0.1, -0.05) is 30.3 Å². The molecule has 4 heteroatoms. The van der Waals surface area contributed by atoms with E-state index in [0.717, 1.165) is 22.6 Å². The van der Waals surface area contributed by atoms with E-state index in [1.165, 1.54) is 0 Å². The van der Waals surface area contributed by atoms with Crippen LogP contribution in [0.25, 0.3) is 16.9 Å². The molecule has 1 aromatic carbocycles. The van der Waals surface area contributed by atoms with Crippen LogP contribution in [-0.2, 0) is 0 Å². The van der Waals surface area contributed by atoms with Crippen molar-refractivity contribution in [3.05, 3.63) is 54.9 Å². The van der Waals surface area contributed by atoms with Crippen molar-refractivity contribution in [3.63, 3.8) is 0 Å². The molecular formula is C13H12BrN3. The van der Waals surface area contributed by atoms with Gasteiger partial charge >= 0.3 is 0 Å². The molecule has 86 valence electrons. The summed E-state index contributed by atoms with van der Waals surface area (Å²) in [6, 6.07) is 13.9. The van der Waals surface area contributed by atoms with E-state index in [4.69, 9.17) is 5.73 Å². The molecule has 0 aliphatic carbocycles. The first-order chi connectivity index (χ1) is 7.83. The zero-order valence-electron chi connectivity index (χ0n) is 9.08. The number of nitrogens with two attached hydrogens (primary N) is 1. The summed E-state index contributed by atoms with van der Waals surface area (Å²) in [5.74, 6) is 0. The van der Waals surface area contributed by atoms with E-state index < -0.39 is 0 Å². The Morgan fingerprint density at radius 3 is 2.47 bits per heavy atom. The van der Waals surface area contributed by atoms with Crippen molar-refractivity contribution in [1.29, 1.82) is 0 Å². The van der Waals surface area contributed by atoms with Crippen molar-refractivity contribution in [2.75, 3.05) is 5.73 Å². The van der Waals surface area contributed by atoms with Crippen LogP contribution in [0.2, 0.25) is 0 Å². The second-order valence-electron chi connectivity index (χ2n) is 3.72. The molecule has 2 heterocycles. The van der Waals surface area contributed by atoms with Crippen molar-refractivity contribution >= 4 is 28.3 Å². The Bertz CT molecular complexity index is 631. The maximum Gasteiger partial charge on any atom is 0.137 e. The fraction of sp³-hybridized carbons (Fsp3) is 0. The predicted molar refractivity (Wildman–Crippen MR) is 75.4 cm³/mol. The summed E-state index contributed by atoms with van der Waals surface area (Å²) in [5.41, 5.74) is 9.45. The number of benzene rings is 1. The second kappa shape index (κ2) is 4.59. The van der Waals surface area contributed by atoms with Gasteiger partial charge in [0.15, 0.2) is 0 Å². The Balaban J connectivity index is 0.00000108. The molecule has 0 aliphatic rings. The summed E-state index contributed by atoms with van der Waals surface area (Å²) < 4.78 is 1.94. The van der Waals surface area contributed by atoms with E-state index in [-0.39, 0.29) is 17.0 Å². The lowest BCUT2D eigenvalue weighted by Crippen LogP contribution is -1.88. The van der Waals surface area contributed by atoms with Crippen LogP contribution in [-0.4, -0.2) is 9.38 Å². The molecule has 3 aromatic rings. The van der Waals surface area contributed by atoms with Crippen molar-refractivity contribution in [2.45, 2.75) is 0 Å². The number of anilines is 1. The first-order valence-corrected chi connectivity index (χ1v) is 5.12. The number of hydrogen-bond donors (Lipinski definition) is 1. The first-order valence-electron chi connectivity index (χ1n) is 5.12. The smallest absolute Gasteiger partial charge is 0.137 e. The van der Waals surface area contributed by atoms with E-state index in [9.17, 15) is 0 Å². The molecule has 0 aliphatic heterocycles. The Morgan fingerprint density at radius 1 is 0.941 bits per heavy atom.